The molecule has 3 nitrogen and oxygen atoms in total. The topological polar surface area (TPSA) is 38.7 Å². The SMILES string of the molecule is CCOC(=O)/C=C/N=P(C)(C)C. The Kier molecular flexibility index (Phi) is 4.91. The van der Waals surface area contributed by atoms with Crippen LogP contribution >= 0.6 is 7.05 Å². The van der Waals surface area contributed by atoms with E-state index < -0.39 is 7.05 Å². The van der Waals surface area contributed by atoms with E-state index in [2.05, 4.69) is 29.5 Å². The summed E-state index contributed by atoms with van der Waals surface area (Å²) in [6.07, 6.45) is 2.89. The molecule has 0 atom stereocenters. The zero-order chi connectivity index (χ0) is 9.61. The Balaban J connectivity index is 4.01. The van der Waals surface area contributed by atoms with Gasteiger partial charge >= 0.3 is 5.97 Å². The van der Waals surface area contributed by atoms with Crippen LogP contribution in [-0.2, 0) is 9.53 Å². The van der Waals surface area contributed by atoms with Gasteiger partial charge < -0.3 is 4.74 Å². The van der Waals surface area contributed by atoms with Crippen LogP contribution in [0.25, 0.3) is 0 Å². The van der Waals surface area contributed by atoms with E-state index in [1.165, 1.54) is 12.3 Å². The molecular weight excluding hydrogens is 173 g/mol. The molecule has 0 fully saturated rings. The number of hydrogen-bond acceptors (Lipinski definition) is 3. The van der Waals surface area contributed by atoms with Gasteiger partial charge in [0.25, 0.3) is 0 Å². The van der Waals surface area contributed by atoms with Crippen molar-refractivity contribution in [3.8, 4) is 0 Å². The van der Waals surface area contributed by atoms with Crippen molar-refractivity contribution in [3.05, 3.63) is 12.3 Å². The molecule has 0 saturated heterocycles. The number of hydrogen-bond donors (Lipinski definition) is 0. The molecule has 0 aliphatic rings. The summed E-state index contributed by atoms with van der Waals surface area (Å²) in [5.41, 5.74) is 0. The summed E-state index contributed by atoms with van der Waals surface area (Å²) in [5, 5.41) is 0. The third kappa shape index (κ3) is 7.55. The van der Waals surface area contributed by atoms with Crippen LogP contribution in [0.1, 0.15) is 6.92 Å². The number of esters is 1. The maximum absolute atomic E-state index is 10.8. The lowest BCUT2D eigenvalue weighted by Gasteiger charge is -2.01. The van der Waals surface area contributed by atoms with E-state index >= 15 is 0 Å². The Hall–Kier alpha value is -0.560. The molecule has 0 heterocycles. The van der Waals surface area contributed by atoms with Gasteiger partial charge in [-0.3, -0.25) is 4.74 Å². The van der Waals surface area contributed by atoms with E-state index in [1.54, 1.807) is 6.92 Å². The minimum absolute atomic E-state index is 0.324. The van der Waals surface area contributed by atoms with Gasteiger partial charge in [0.1, 0.15) is 0 Å². The van der Waals surface area contributed by atoms with Crippen molar-refractivity contribution in [2.24, 2.45) is 4.74 Å². The van der Waals surface area contributed by atoms with Crippen molar-refractivity contribution in [1.29, 1.82) is 0 Å². The number of nitrogens with zero attached hydrogens (tertiary/aromatic N) is 1. The fourth-order valence-corrected chi connectivity index (χ4v) is 0.951. The number of carbonyl (C=O) groups is 1. The summed E-state index contributed by atoms with van der Waals surface area (Å²) >= 11 is 0. The van der Waals surface area contributed by atoms with E-state index in [0.29, 0.717) is 6.61 Å². The quantitative estimate of drug-likeness (QED) is 0.387. The molecule has 0 unspecified atom stereocenters. The summed E-state index contributed by atoms with van der Waals surface area (Å²) in [6, 6.07) is 0. The van der Waals surface area contributed by atoms with Gasteiger partial charge in [-0.25, -0.2) is 4.79 Å². The first-order valence-electron chi connectivity index (χ1n) is 3.83. The van der Waals surface area contributed by atoms with Gasteiger partial charge in [-0.1, -0.05) is 0 Å². The van der Waals surface area contributed by atoms with Crippen molar-refractivity contribution >= 4 is 13.0 Å². The number of ether oxygens (including phenoxy) is 1. The zero-order valence-corrected chi connectivity index (χ0v) is 8.97. The maximum Gasteiger partial charge on any atom is 0.332 e. The molecule has 0 radical (unpaired) electrons. The molecule has 12 heavy (non-hydrogen) atoms. The predicted octanol–water partition coefficient (Wildman–Crippen LogP) is 2.15. The number of carbonyl (C=O) groups excluding carboxylic acids is 1. The molecule has 0 rings (SSSR count). The lowest BCUT2D eigenvalue weighted by atomic mass is 10.6. The smallest absolute Gasteiger partial charge is 0.332 e. The lowest BCUT2D eigenvalue weighted by molar-refractivity contribution is -0.137. The van der Waals surface area contributed by atoms with Gasteiger partial charge in [0.15, 0.2) is 0 Å². The van der Waals surface area contributed by atoms with E-state index in [4.69, 9.17) is 0 Å². The molecule has 0 amide bonds. The minimum Gasteiger partial charge on any atom is -0.463 e. The van der Waals surface area contributed by atoms with Gasteiger partial charge in [0.2, 0.25) is 0 Å². The molecule has 0 aliphatic carbocycles. The highest BCUT2D eigenvalue weighted by Gasteiger charge is 1.93. The summed E-state index contributed by atoms with van der Waals surface area (Å²) in [7, 11) is -1.16. The Bertz CT molecular complexity index is 219. The molecule has 0 saturated carbocycles. The van der Waals surface area contributed by atoms with Crippen LogP contribution in [0.15, 0.2) is 17.0 Å². The van der Waals surface area contributed by atoms with Crippen molar-refractivity contribution in [2.45, 2.75) is 6.92 Å². The van der Waals surface area contributed by atoms with Crippen molar-refractivity contribution in [3.63, 3.8) is 0 Å². The Morgan fingerprint density at radius 1 is 1.50 bits per heavy atom. The van der Waals surface area contributed by atoms with Crippen LogP contribution in [0.2, 0.25) is 0 Å². The fraction of sp³-hybridized carbons (Fsp3) is 0.625. The average molecular weight is 189 g/mol. The van der Waals surface area contributed by atoms with Gasteiger partial charge in [0.05, 0.1) is 6.61 Å². The van der Waals surface area contributed by atoms with Crippen LogP contribution in [0.4, 0.5) is 0 Å². The van der Waals surface area contributed by atoms with Crippen LogP contribution in [0.3, 0.4) is 0 Å². The third-order valence-corrected chi connectivity index (χ3v) is 1.74. The summed E-state index contributed by atoms with van der Waals surface area (Å²) < 4.78 is 8.89. The highest BCUT2D eigenvalue weighted by atomic mass is 31.2. The summed E-state index contributed by atoms with van der Waals surface area (Å²) in [5.74, 6) is -0.324. The third-order valence-electron chi connectivity index (χ3n) is 0.910. The number of rotatable bonds is 3. The molecule has 70 valence electrons. The largest absolute Gasteiger partial charge is 0.463 e. The van der Waals surface area contributed by atoms with Gasteiger partial charge in [-0.05, 0) is 34.0 Å². The Morgan fingerprint density at radius 3 is 2.50 bits per heavy atom. The second-order valence-corrected chi connectivity index (χ2v) is 7.24. The molecule has 0 spiro atoms. The lowest BCUT2D eigenvalue weighted by Crippen LogP contribution is -1.98. The van der Waals surface area contributed by atoms with Crippen molar-refractivity contribution in [1.82, 2.24) is 0 Å². The van der Waals surface area contributed by atoms with Crippen LogP contribution in [0.5, 0.6) is 0 Å². The molecule has 0 aromatic rings. The molecule has 4 heteroatoms. The zero-order valence-electron chi connectivity index (χ0n) is 8.07. The van der Waals surface area contributed by atoms with E-state index in [0.717, 1.165) is 0 Å². The Morgan fingerprint density at radius 2 is 2.08 bits per heavy atom. The maximum atomic E-state index is 10.8. The average Bonchev–Trinajstić information content (AvgIpc) is 1.84. The monoisotopic (exact) mass is 189 g/mol. The van der Waals surface area contributed by atoms with E-state index in [9.17, 15) is 4.79 Å². The van der Waals surface area contributed by atoms with E-state index in [1.807, 2.05) is 0 Å². The first-order valence-corrected chi connectivity index (χ1v) is 6.91. The highest BCUT2D eigenvalue weighted by Crippen LogP contribution is 2.35. The Labute approximate surface area is 73.9 Å². The molecule has 0 aromatic carbocycles. The molecule has 0 N–H and O–H groups in total. The van der Waals surface area contributed by atoms with Crippen molar-refractivity contribution in [2.75, 3.05) is 26.6 Å². The van der Waals surface area contributed by atoms with E-state index in [-0.39, 0.29) is 5.97 Å². The normalized spacial score (nSPS) is 11.7. The summed E-state index contributed by atoms with van der Waals surface area (Å²) in [6.45, 7) is 8.40. The van der Waals surface area contributed by atoms with Crippen molar-refractivity contribution < 1.29 is 9.53 Å². The second-order valence-electron chi connectivity index (χ2n) is 3.12. The van der Waals surface area contributed by atoms with Crippen LogP contribution in [0, 0.1) is 0 Å². The molecule has 0 bridgehead atoms. The van der Waals surface area contributed by atoms with Crippen LogP contribution in [-0.4, -0.2) is 32.6 Å². The van der Waals surface area contributed by atoms with Gasteiger partial charge in [0, 0.05) is 12.3 Å². The van der Waals surface area contributed by atoms with Crippen LogP contribution < -0.4 is 0 Å². The minimum atomic E-state index is -1.16. The molecular formula is C8H16NO2P. The first-order chi connectivity index (χ1) is 5.45. The molecule has 0 aromatic heterocycles. The second kappa shape index (κ2) is 5.15. The first kappa shape index (κ1) is 11.4. The summed E-state index contributed by atoms with van der Waals surface area (Å²) in [4.78, 5) is 10.8. The molecule has 0 aliphatic heterocycles. The van der Waals surface area contributed by atoms with Gasteiger partial charge in [-0.15, -0.1) is 0 Å². The standard InChI is InChI=1S/C8H16NO2P/c1-5-11-8(10)6-7-9-12(2,3)4/h6-7H,5H2,1-4H3/b7-6+. The predicted molar refractivity (Wildman–Crippen MR) is 52.9 cm³/mol. The highest BCUT2D eigenvalue weighted by molar-refractivity contribution is 7.64. The fourth-order valence-electron chi connectivity index (χ4n) is 0.485. The van der Waals surface area contributed by atoms with Gasteiger partial charge in [-0.2, -0.15) is 0 Å².